The number of rotatable bonds is 5. The Morgan fingerprint density at radius 2 is 1.96 bits per heavy atom. The van der Waals surface area contributed by atoms with Crippen LogP contribution in [0.25, 0.3) is 0 Å². The molecule has 3 heterocycles. The Balaban J connectivity index is 1.33. The van der Waals surface area contributed by atoms with E-state index in [1.165, 1.54) is 0 Å². The van der Waals surface area contributed by atoms with Gasteiger partial charge in [-0.2, -0.15) is 0 Å². The normalized spacial score (nSPS) is 20.0. The molecule has 1 unspecified atom stereocenters. The predicted octanol–water partition coefficient (Wildman–Crippen LogP) is 3.07. The molecule has 1 saturated heterocycles. The van der Waals surface area contributed by atoms with E-state index in [0.29, 0.717) is 30.0 Å². The Bertz CT molecular complexity index is 801. The number of hydrogen-bond acceptors (Lipinski definition) is 6. The summed E-state index contributed by atoms with van der Waals surface area (Å²) in [5.41, 5.74) is 0.960. The van der Waals surface area contributed by atoms with Gasteiger partial charge in [0.25, 0.3) is 0 Å². The fourth-order valence-electron chi connectivity index (χ4n) is 3.76. The molecule has 7 nitrogen and oxygen atoms in total. The number of amides is 1. The summed E-state index contributed by atoms with van der Waals surface area (Å²) in [6.45, 7) is 1.59. The van der Waals surface area contributed by atoms with Crippen LogP contribution in [0.3, 0.4) is 0 Å². The Labute approximate surface area is 159 Å². The molecule has 27 heavy (non-hydrogen) atoms. The molecule has 2 aromatic heterocycles. The highest BCUT2D eigenvalue weighted by Crippen LogP contribution is 2.29. The minimum atomic E-state index is 0.285. The number of carbonyl (C=O) groups is 1. The molecule has 1 fully saturated rings. The number of nitrogens with zero attached hydrogens (tertiary/aromatic N) is 5. The zero-order valence-electron chi connectivity index (χ0n) is 15.3. The van der Waals surface area contributed by atoms with Gasteiger partial charge in [0.2, 0.25) is 11.9 Å². The highest BCUT2D eigenvalue weighted by molar-refractivity contribution is 5.76. The molecule has 1 aliphatic heterocycles. The first kappa shape index (κ1) is 17.6. The van der Waals surface area contributed by atoms with Gasteiger partial charge in [-0.05, 0) is 37.7 Å². The van der Waals surface area contributed by atoms with Crippen molar-refractivity contribution in [1.82, 2.24) is 24.8 Å². The molecule has 0 bridgehead atoms. The fourth-order valence-corrected chi connectivity index (χ4v) is 3.76. The molecule has 0 radical (unpaired) electrons. The van der Waals surface area contributed by atoms with Crippen LogP contribution in [0.5, 0.6) is 0 Å². The van der Waals surface area contributed by atoms with Crippen LogP contribution in [-0.2, 0) is 4.79 Å². The third-order valence-corrected chi connectivity index (χ3v) is 5.27. The first-order valence-electron chi connectivity index (χ1n) is 9.58. The molecule has 1 aliphatic carbocycles. The molecule has 1 N–H and O–H groups in total. The zero-order chi connectivity index (χ0) is 18.5. The molecule has 4 rings (SSSR count). The highest BCUT2D eigenvalue weighted by atomic mass is 16.2. The Hall–Kier alpha value is -2.83. The van der Waals surface area contributed by atoms with E-state index in [1.807, 2.05) is 11.1 Å². The maximum Gasteiger partial charge on any atom is 0.228 e. The molecule has 0 aromatic carbocycles. The van der Waals surface area contributed by atoms with Crippen molar-refractivity contribution in [2.24, 2.45) is 5.92 Å². The van der Waals surface area contributed by atoms with Crippen molar-refractivity contribution >= 4 is 17.7 Å². The van der Waals surface area contributed by atoms with Crippen molar-refractivity contribution in [3.63, 3.8) is 0 Å². The van der Waals surface area contributed by atoms with Gasteiger partial charge in [-0.15, -0.1) is 0 Å². The number of anilines is 2. The average Bonchev–Trinajstić information content (AvgIpc) is 3.22. The maximum absolute atomic E-state index is 12.5. The Morgan fingerprint density at radius 1 is 1.15 bits per heavy atom. The van der Waals surface area contributed by atoms with Crippen LogP contribution < -0.4 is 5.32 Å². The minimum absolute atomic E-state index is 0.285. The molecule has 0 saturated carbocycles. The predicted molar refractivity (Wildman–Crippen MR) is 102 cm³/mol. The summed E-state index contributed by atoms with van der Waals surface area (Å²) >= 11 is 0. The first-order chi connectivity index (χ1) is 13.3. The van der Waals surface area contributed by atoms with Gasteiger partial charge in [-0.1, -0.05) is 12.2 Å². The number of likely N-dealkylation sites (tertiary alicyclic amines) is 1. The molecular weight excluding hydrogens is 340 g/mol. The van der Waals surface area contributed by atoms with Gasteiger partial charge in [0.15, 0.2) is 5.82 Å². The number of hydrogen-bond donors (Lipinski definition) is 1. The monoisotopic (exact) mass is 364 g/mol. The second-order valence-corrected chi connectivity index (χ2v) is 7.15. The topological polar surface area (TPSA) is 83.9 Å². The van der Waals surface area contributed by atoms with Crippen molar-refractivity contribution in [3.8, 4) is 0 Å². The summed E-state index contributed by atoms with van der Waals surface area (Å²) in [5, 5.41) is 3.08. The summed E-state index contributed by atoms with van der Waals surface area (Å²) in [4.78, 5) is 31.8. The number of aromatic nitrogens is 4. The van der Waals surface area contributed by atoms with Crippen molar-refractivity contribution in [1.29, 1.82) is 0 Å². The molecule has 140 valence electrons. The minimum Gasteiger partial charge on any atom is -0.343 e. The zero-order valence-corrected chi connectivity index (χ0v) is 15.3. The van der Waals surface area contributed by atoms with E-state index in [4.69, 9.17) is 0 Å². The summed E-state index contributed by atoms with van der Waals surface area (Å²) in [6, 6.07) is 1.77. The highest BCUT2D eigenvalue weighted by Gasteiger charge is 2.26. The van der Waals surface area contributed by atoms with E-state index in [0.717, 1.165) is 44.5 Å². The van der Waals surface area contributed by atoms with Crippen LogP contribution in [0.2, 0.25) is 0 Å². The lowest BCUT2D eigenvalue weighted by molar-refractivity contribution is -0.132. The third-order valence-electron chi connectivity index (χ3n) is 5.27. The van der Waals surface area contributed by atoms with Crippen LogP contribution in [0.15, 0.2) is 43.0 Å². The van der Waals surface area contributed by atoms with Gasteiger partial charge >= 0.3 is 0 Å². The average molecular weight is 364 g/mol. The largest absolute Gasteiger partial charge is 0.343 e. The van der Waals surface area contributed by atoms with Gasteiger partial charge < -0.3 is 10.2 Å². The number of carbonyl (C=O) groups excluding carboxylic acids is 1. The summed E-state index contributed by atoms with van der Waals surface area (Å²) in [7, 11) is 0. The summed E-state index contributed by atoms with van der Waals surface area (Å²) in [6.07, 6.45) is 16.0. The van der Waals surface area contributed by atoms with Gasteiger partial charge in [-0.25, -0.2) is 15.0 Å². The second-order valence-electron chi connectivity index (χ2n) is 7.15. The van der Waals surface area contributed by atoms with Gasteiger partial charge in [0, 0.05) is 44.0 Å². The van der Waals surface area contributed by atoms with Crippen LogP contribution in [0.4, 0.5) is 11.8 Å². The number of nitrogens with one attached hydrogen (secondary N) is 1. The lowest BCUT2D eigenvalue weighted by atomic mass is 9.93. The summed E-state index contributed by atoms with van der Waals surface area (Å²) in [5.74, 6) is 2.19. The van der Waals surface area contributed by atoms with Crippen molar-refractivity contribution < 1.29 is 4.79 Å². The van der Waals surface area contributed by atoms with Crippen LogP contribution in [0.1, 0.15) is 43.7 Å². The lowest BCUT2D eigenvalue weighted by Gasteiger charge is -2.32. The fraction of sp³-hybridized carbons (Fsp3) is 0.450. The van der Waals surface area contributed by atoms with Crippen LogP contribution in [-0.4, -0.2) is 43.8 Å². The van der Waals surface area contributed by atoms with E-state index in [-0.39, 0.29) is 5.91 Å². The molecule has 2 aliphatic rings. The van der Waals surface area contributed by atoms with E-state index in [9.17, 15) is 4.79 Å². The van der Waals surface area contributed by atoms with Crippen LogP contribution in [0, 0.1) is 5.92 Å². The third kappa shape index (κ3) is 4.48. The molecule has 0 spiro atoms. The van der Waals surface area contributed by atoms with E-state index < -0.39 is 0 Å². The maximum atomic E-state index is 12.5. The number of allylic oxidation sites excluding steroid dienone is 2. The second kappa shape index (κ2) is 8.24. The molecular formula is C20H24N6O. The molecule has 2 aromatic rings. The van der Waals surface area contributed by atoms with Gasteiger partial charge in [0.1, 0.15) is 0 Å². The molecule has 1 atom stereocenters. The van der Waals surface area contributed by atoms with Gasteiger partial charge in [-0.3, -0.25) is 9.78 Å². The number of piperidine rings is 1. The van der Waals surface area contributed by atoms with Crippen molar-refractivity contribution in [2.45, 2.75) is 38.0 Å². The van der Waals surface area contributed by atoms with Gasteiger partial charge in [0.05, 0.1) is 11.9 Å². The van der Waals surface area contributed by atoms with Crippen molar-refractivity contribution in [2.75, 3.05) is 18.4 Å². The Kier molecular flexibility index (Phi) is 5.37. The molecule has 1 amide bonds. The SMILES string of the molecule is O=C(CC1C=CCC1)N1CCC(c2cncc(Nc3ncccn3)n2)CC1. The summed E-state index contributed by atoms with van der Waals surface area (Å²) < 4.78 is 0. The lowest BCUT2D eigenvalue weighted by Crippen LogP contribution is -2.38. The Morgan fingerprint density at radius 3 is 2.70 bits per heavy atom. The van der Waals surface area contributed by atoms with E-state index >= 15 is 0 Å². The van der Waals surface area contributed by atoms with E-state index in [1.54, 1.807) is 24.7 Å². The molecule has 7 heteroatoms. The van der Waals surface area contributed by atoms with Crippen molar-refractivity contribution in [3.05, 3.63) is 48.7 Å². The van der Waals surface area contributed by atoms with Crippen LogP contribution >= 0.6 is 0 Å². The quantitative estimate of drug-likeness (QED) is 0.821. The van der Waals surface area contributed by atoms with E-state index in [2.05, 4.69) is 37.4 Å². The standard InChI is InChI=1S/C20H24N6O/c27-19(12-15-4-1-2-5-15)26-10-6-16(7-11-26)17-13-21-14-18(24-17)25-20-22-8-3-9-23-20/h1,3-4,8-9,13-16H,2,5-7,10-12H2,(H,22,23,24,25). The first-order valence-corrected chi connectivity index (χ1v) is 9.58. The smallest absolute Gasteiger partial charge is 0.228 e.